The number of fused-ring (bicyclic) bond motifs is 4. The van der Waals surface area contributed by atoms with E-state index in [1.54, 1.807) is 6.07 Å². The maximum atomic E-state index is 14.4. The molecule has 0 spiro atoms. The Hall–Kier alpha value is -2.95. The fraction of sp³-hybridized carbons (Fsp3) is 0.400. The number of carbonyl (C=O) groups excluding carboxylic acids is 4. The molecule has 220 valence electrons. The van der Waals surface area contributed by atoms with Crippen LogP contribution in [0.4, 0.5) is 10.1 Å². The predicted octanol–water partition coefficient (Wildman–Crippen LogP) is 5.28. The van der Waals surface area contributed by atoms with Gasteiger partial charge < -0.3 is 9.84 Å². The molecule has 42 heavy (non-hydrogen) atoms. The zero-order chi connectivity index (χ0) is 30.3. The number of ether oxygens (including phenoxy) is 1. The van der Waals surface area contributed by atoms with Gasteiger partial charge in [0, 0.05) is 12.5 Å². The van der Waals surface area contributed by atoms with Gasteiger partial charge in [-0.2, -0.15) is 0 Å². The van der Waals surface area contributed by atoms with Crippen LogP contribution < -0.4 is 9.64 Å². The molecule has 4 aliphatic rings. The number of hydrogen-bond donors (Lipinski definition) is 1. The molecular weight excluding hydrogens is 654 g/mol. The van der Waals surface area contributed by atoms with Crippen molar-refractivity contribution in [3.05, 3.63) is 63.9 Å². The van der Waals surface area contributed by atoms with Crippen molar-refractivity contribution < 1.29 is 33.4 Å². The summed E-state index contributed by atoms with van der Waals surface area (Å²) >= 11 is 18.0. The predicted molar refractivity (Wildman–Crippen MR) is 156 cm³/mol. The van der Waals surface area contributed by atoms with Gasteiger partial charge in [-0.05, 0) is 83.1 Å². The monoisotopic (exact) mass is 678 g/mol. The summed E-state index contributed by atoms with van der Waals surface area (Å²) in [6.45, 7) is 2.15. The van der Waals surface area contributed by atoms with Crippen molar-refractivity contribution in [2.75, 3.05) is 18.6 Å². The Morgan fingerprint density at radius 1 is 1.07 bits per heavy atom. The summed E-state index contributed by atoms with van der Waals surface area (Å²) in [6.07, 6.45) is 2.51. The van der Waals surface area contributed by atoms with Gasteiger partial charge in [-0.3, -0.25) is 24.1 Å². The summed E-state index contributed by atoms with van der Waals surface area (Å²) < 4.78 is 19.4. The Kier molecular flexibility index (Phi) is 6.98. The molecule has 8 nitrogen and oxygen atoms in total. The molecule has 1 N–H and O–H groups in total. The van der Waals surface area contributed by atoms with Gasteiger partial charge in [-0.15, -0.1) is 23.2 Å². The first-order valence-corrected chi connectivity index (χ1v) is 15.1. The van der Waals surface area contributed by atoms with Crippen LogP contribution in [0.15, 0.2) is 52.5 Å². The number of allylic oxidation sites excluding steroid dienone is 2. The topological polar surface area (TPSA) is 104 Å². The molecule has 4 amide bonds. The Morgan fingerprint density at radius 3 is 2.40 bits per heavy atom. The Balaban J connectivity index is 1.58. The highest BCUT2D eigenvalue weighted by atomic mass is 79.9. The third kappa shape index (κ3) is 3.77. The van der Waals surface area contributed by atoms with E-state index < -0.39 is 51.1 Å². The second kappa shape index (κ2) is 10.1. The van der Waals surface area contributed by atoms with E-state index in [0.717, 1.165) is 17.0 Å². The van der Waals surface area contributed by atoms with Crippen molar-refractivity contribution in [2.24, 2.45) is 17.8 Å². The second-order valence-corrected chi connectivity index (χ2v) is 13.2. The second-order valence-electron chi connectivity index (χ2n) is 11.1. The molecule has 2 saturated heterocycles. The van der Waals surface area contributed by atoms with Gasteiger partial charge in [-0.25, -0.2) is 9.29 Å². The molecular formula is C30H26BrCl2FN2O6. The number of imide groups is 2. The number of amides is 4. The summed E-state index contributed by atoms with van der Waals surface area (Å²) in [5.41, 5.74) is 1.12. The van der Waals surface area contributed by atoms with E-state index in [4.69, 9.17) is 27.9 Å². The lowest BCUT2D eigenvalue weighted by atomic mass is 9.56. The van der Waals surface area contributed by atoms with Crippen LogP contribution in [0.2, 0.25) is 0 Å². The van der Waals surface area contributed by atoms with Crippen LogP contribution in [-0.4, -0.2) is 57.0 Å². The van der Waals surface area contributed by atoms with E-state index in [2.05, 4.69) is 15.9 Å². The van der Waals surface area contributed by atoms with Gasteiger partial charge in [0.15, 0.2) is 21.2 Å². The van der Waals surface area contributed by atoms with Crippen molar-refractivity contribution in [1.82, 2.24) is 4.90 Å². The van der Waals surface area contributed by atoms with Crippen molar-refractivity contribution in [1.29, 1.82) is 0 Å². The zero-order valence-electron chi connectivity index (χ0n) is 22.6. The smallest absolute Gasteiger partial charge is 0.258 e. The van der Waals surface area contributed by atoms with E-state index in [-0.39, 0.29) is 52.9 Å². The number of halogens is 4. The summed E-state index contributed by atoms with van der Waals surface area (Å²) in [7, 11) is 1.37. The highest BCUT2D eigenvalue weighted by Crippen LogP contribution is 2.66. The summed E-state index contributed by atoms with van der Waals surface area (Å²) in [5, 5.41) is 10.5. The lowest BCUT2D eigenvalue weighted by Gasteiger charge is -2.50. The number of alkyl halides is 2. The molecule has 3 fully saturated rings. The molecule has 0 bridgehead atoms. The van der Waals surface area contributed by atoms with Gasteiger partial charge in [0.05, 0.1) is 29.1 Å². The number of likely N-dealkylation sites (tertiary alicyclic amines) is 1. The SMILES string of the molecule is CCCN1C(=O)C2CC=C3C(CC4(Cl)C(=O)N(c5ccc(F)cc5)C(=O)C4(Cl)C3c3cc(Br)c(O)c(OC)c3)C2C1=O. The molecule has 1 saturated carbocycles. The average molecular weight is 680 g/mol. The standard InChI is InChI=1S/C30H26BrCl2FN2O6/c1-3-10-35-25(38)18-9-8-17-19(22(18)26(35)39)13-29(32)27(40)36(16-6-4-15(34)5-7-16)28(41)30(29,33)23(17)14-11-20(31)24(37)21(12-14)42-2/h4-8,11-12,18-19,22-23,37H,3,9-10,13H2,1-2H3. The Morgan fingerprint density at radius 2 is 1.76 bits per heavy atom. The lowest BCUT2D eigenvalue weighted by Crippen LogP contribution is -2.60. The Bertz CT molecular complexity index is 1580. The van der Waals surface area contributed by atoms with Crippen molar-refractivity contribution in [3.63, 3.8) is 0 Å². The fourth-order valence-corrected chi connectivity index (χ4v) is 8.59. The Labute approximate surface area is 259 Å². The van der Waals surface area contributed by atoms with E-state index in [1.807, 2.05) is 13.0 Å². The molecule has 0 aromatic heterocycles. The number of hydrogen-bond acceptors (Lipinski definition) is 6. The summed E-state index contributed by atoms with van der Waals surface area (Å²) in [4.78, 5) is 53.6. The van der Waals surface area contributed by atoms with Gasteiger partial charge in [-0.1, -0.05) is 18.6 Å². The third-order valence-electron chi connectivity index (χ3n) is 9.04. The van der Waals surface area contributed by atoms with E-state index in [1.165, 1.54) is 30.2 Å². The number of aromatic hydroxyl groups is 1. The van der Waals surface area contributed by atoms with Crippen molar-refractivity contribution in [2.45, 2.75) is 41.9 Å². The molecule has 2 aromatic carbocycles. The van der Waals surface area contributed by atoms with Crippen LogP contribution in [0.1, 0.15) is 37.7 Å². The minimum Gasteiger partial charge on any atom is -0.503 e. The molecule has 6 rings (SSSR count). The van der Waals surface area contributed by atoms with Gasteiger partial charge in [0.25, 0.3) is 11.8 Å². The first kappa shape index (κ1) is 29.1. The van der Waals surface area contributed by atoms with E-state index in [9.17, 15) is 28.7 Å². The van der Waals surface area contributed by atoms with Crippen LogP contribution in [0, 0.1) is 23.6 Å². The summed E-state index contributed by atoms with van der Waals surface area (Å²) in [6, 6.07) is 7.92. The normalized spacial score (nSPS) is 32.1. The van der Waals surface area contributed by atoms with E-state index >= 15 is 0 Å². The maximum absolute atomic E-state index is 14.4. The maximum Gasteiger partial charge on any atom is 0.258 e. The highest BCUT2D eigenvalue weighted by Gasteiger charge is 2.76. The third-order valence-corrected chi connectivity index (χ3v) is 11.1. The van der Waals surface area contributed by atoms with Crippen LogP contribution in [-0.2, 0) is 19.2 Å². The molecule has 2 aliphatic heterocycles. The fourth-order valence-electron chi connectivity index (χ4n) is 7.20. The van der Waals surface area contributed by atoms with Crippen molar-refractivity contribution in [3.8, 4) is 11.5 Å². The average Bonchev–Trinajstić information content (AvgIpc) is 3.29. The van der Waals surface area contributed by atoms with Crippen LogP contribution >= 0.6 is 39.1 Å². The molecule has 6 atom stereocenters. The first-order chi connectivity index (χ1) is 19.9. The number of rotatable bonds is 5. The molecule has 2 aliphatic carbocycles. The lowest BCUT2D eigenvalue weighted by molar-refractivity contribution is -0.140. The molecule has 6 unspecified atom stereocenters. The minimum absolute atomic E-state index is 0.0876. The first-order valence-electron chi connectivity index (χ1n) is 13.5. The minimum atomic E-state index is -2.08. The van der Waals surface area contributed by atoms with Crippen LogP contribution in [0.3, 0.4) is 0 Å². The number of benzene rings is 2. The molecule has 2 heterocycles. The van der Waals surface area contributed by atoms with Crippen molar-refractivity contribution >= 4 is 68.4 Å². The van der Waals surface area contributed by atoms with Gasteiger partial charge in [0.2, 0.25) is 11.8 Å². The quantitative estimate of drug-likeness (QED) is 0.262. The zero-order valence-corrected chi connectivity index (χ0v) is 25.7. The number of phenols is 1. The number of nitrogens with zero attached hydrogens (tertiary/aromatic N) is 2. The number of carbonyl (C=O) groups is 4. The molecule has 12 heteroatoms. The number of anilines is 1. The van der Waals surface area contributed by atoms with Gasteiger partial charge in [0.1, 0.15) is 5.82 Å². The summed E-state index contributed by atoms with van der Waals surface area (Å²) in [5.74, 6) is -5.98. The largest absolute Gasteiger partial charge is 0.503 e. The number of methoxy groups -OCH3 is 1. The molecule has 2 aromatic rings. The van der Waals surface area contributed by atoms with Gasteiger partial charge >= 0.3 is 0 Å². The van der Waals surface area contributed by atoms with Crippen LogP contribution in [0.5, 0.6) is 11.5 Å². The van der Waals surface area contributed by atoms with Crippen LogP contribution in [0.25, 0.3) is 0 Å². The highest BCUT2D eigenvalue weighted by molar-refractivity contribution is 9.10. The van der Waals surface area contributed by atoms with E-state index in [0.29, 0.717) is 17.6 Å². The molecule has 0 radical (unpaired) electrons. The number of phenolic OH excluding ortho intramolecular Hbond substituents is 1.